The highest BCUT2D eigenvalue weighted by Gasteiger charge is 2.39. The Balaban J connectivity index is 1.12. The normalized spacial score (nSPS) is 23.7. The summed E-state index contributed by atoms with van der Waals surface area (Å²) in [5.74, 6) is -0.168. The molecule has 2 aromatic heterocycles. The molecule has 1 unspecified atom stereocenters. The largest absolute Gasteiger partial charge is 0.339 e. The van der Waals surface area contributed by atoms with Gasteiger partial charge in [-0.25, -0.2) is 19.2 Å². The van der Waals surface area contributed by atoms with Crippen LogP contribution in [-0.4, -0.2) is 84.6 Å². The molecule has 11 nitrogen and oxygen atoms in total. The summed E-state index contributed by atoms with van der Waals surface area (Å²) >= 11 is 0. The molecule has 1 aliphatic carbocycles. The van der Waals surface area contributed by atoms with Gasteiger partial charge in [-0.2, -0.15) is 4.68 Å². The molecule has 0 radical (unpaired) electrons. The number of hydrogen-bond acceptors (Lipinski definition) is 8. The van der Waals surface area contributed by atoms with Crippen molar-refractivity contribution in [2.24, 2.45) is 0 Å². The van der Waals surface area contributed by atoms with E-state index in [-0.39, 0.29) is 29.6 Å². The lowest BCUT2D eigenvalue weighted by molar-refractivity contribution is -0.136. The minimum atomic E-state index is -0.474. The molecule has 12 heteroatoms. The maximum Gasteiger partial charge on any atom is 0.253 e. The third-order valence-corrected chi connectivity index (χ3v) is 7.63. The van der Waals surface area contributed by atoms with Crippen molar-refractivity contribution in [3.8, 4) is 5.95 Å². The van der Waals surface area contributed by atoms with Crippen molar-refractivity contribution >= 4 is 11.6 Å². The van der Waals surface area contributed by atoms with Gasteiger partial charge in [-0.15, -0.1) is 5.10 Å². The maximum absolute atomic E-state index is 14.0. The monoisotopic (exact) mass is 488 g/mol. The van der Waals surface area contributed by atoms with Gasteiger partial charge >= 0.3 is 0 Å². The van der Waals surface area contributed by atoms with Crippen molar-refractivity contribution in [3.05, 3.63) is 64.3 Å². The fourth-order valence-electron chi connectivity index (χ4n) is 5.69. The standard InChI is InChI=1S/C24H25FN10O/c1-14-16(3-5-19(25)22(14)26-2)21-12-33-7-8-34(11-15(33)9-27-21)23(36)17-4-6-20-18(17)10-28-24(30-20)35-13-29-31-32-35/h3,5,10,13,15,17,21,27H,4,6-9,11-12H2,1H3/t15-,17?,21-/m1/s1. The van der Waals surface area contributed by atoms with Gasteiger partial charge in [0, 0.05) is 56.6 Å². The minimum Gasteiger partial charge on any atom is -0.339 e. The van der Waals surface area contributed by atoms with Crippen molar-refractivity contribution in [1.29, 1.82) is 0 Å². The van der Waals surface area contributed by atoms with Crippen LogP contribution >= 0.6 is 0 Å². The Hall–Kier alpha value is -3.82. The van der Waals surface area contributed by atoms with Gasteiger partial charge < -0.3 is 10.2 Å². The molecule has 3 atom stereocenters. The van der Waals surface area contributed by atoms with Gasteiger partial charge in [0.1, 0.15) is 12.1 Å². The molecule has 6 rings (SSSR count). The summed E-state index contributed by atoms with van der Waals surface area (Å²) in [6, 6.07) is 3.40. The predicted molar refractivity (Wildman–Crippen MR) is 126 cm³/mol. The number of amides is 1. The van der Waals surface area contributed by atoms with Crippen LogP contribution in [0.4, 0.5) is 10.1 Å². The molecule has 0 saturated carbocycles. The van der Waals surface area contributed by atoms with Crippen LogP contribution in [-0.2, 0) is 11.2 Å². The molecule has 1 aromatic carbocycles. The summed E-state index contributed by atoms with van der Waals surface area (Å²) in [4.78, 5) is 30.2. The number of nitrogens with zero attached hydrogens (tertiary/aromatic N) is 9. The Morgan fingerprint density at radius 3 is 2.94 bits per heavy atom. The van der Waals surface area contributed by atoms with Crippen LogP contribution in [0, 0.1) is 19.3 Å². The zero-order valence-corrected chi connectivity index (χ0v) is 19.8. The van der Waals surface area contributed by atoms with E-state index in [9.17, 15) is 9.18 Å². The number of carbonyl (C=O) groups excluding carboxylic acids is 1. The Kier molecular flexibility index (Phi) is 5.66. The van der Waals surface area contributed by atoms with Gasteiger partial charge in [0.05, 0.1) is 18.2 Å². The van der Waals surface area contributed by atoms with E-state index in [0.29, 0.717) is 24.6 Å². The zero-order valence-electron chi connectivity index (χ0n) is 19.8. The second-order valence-corrected chi connectivity index (χ2v) is 9.53. The number of aryl methyl sites for hydroxylation is 1. The second-order valence-electron chi connectivity index (χ2n) is 9.53. The van der Waals surface area contributed by atoms with E-state index >= 15 is 0 Å². The Morgan fingerprint density at radius 2 is 2.14 bits per heavy atom. The molecule has 2 fully saturated rings. The van der Waals surface area contributed by atoms with E-state index in [1.807, 2.05) is 11.8 Å². The highest BCUT2D eigenvalue weighted by molar-refractivity contribution is 5.85. The van der Waals surface area contributed by atoms with Crippen molar-refractivity contribution in [2.45, 2.75) is 37.8 Å². The van der Waals surface area contributed by atoms with E-state index in [1.165, 1.54) is 17.1 Å². The number of benzene rings is 1. The number of piperazine rings is 2. The Bertz CT molecular complexity index is 1350. The smallest absolute Gasteiger partial charge is 0.253 e. The molecule has 36 heavy (non-hydrogen) atoms. The highest BCUT2D eigenvalue weighted by Crippen LogP contribution is 2.35. The average molecular weight is 489 g/mol. The number of fused-ring (bicyclic) bond motifs is 2. The van der Waals surface area contributed by atoms with Crippen LogP contribution in [0.5, 0.6) is 0 Å². The molecule has 1 amide bonds. The second kappa shape index (κ2) is 9.00. The number of aromatic nitrogens is 6. The first-order valence-corrected chi connectivity index (χ1v) is 12.1. The molecule has 184 valence electrons. The number of tetrazole rings is 1. The summed E-state index contributed by atoms with van der Waals surface area (Å²) in [6.45, 7) is 12.7. The molecule has 2 aliphatic heterocycles. The molecule has 0 spiro atoms. The molecule has 3 aromatic rings. The fraction of sp³-hybridized carbons (Fsp3) is 0.458. The summed E-state index contributed by atoms with van der Waals surface area (Å²) in [5.41, 5.74) is 3.52. The van der Waals surface area contributed by atoms with Crippen molar-refractivity contribution in [2.75, 3.05) is 32.7 Å². The number of rotatable bonds is 3. The lowest BCUT2D eigenvalue weighted by Crippen LogP contribution is -2.62. The molecule has 0 bridgehead atoms. The van der Waals surface area contributed by atoms with Crippen LogP contribution in [0.2, 0.25) is 0 Å². The van der Waals surface area contributed by atoms with Gasteiger partial charge in [-0.05, 0) is 47.4 Å². The Labute approximate surface area is 207 Å². The van der Waals surface area contributed by atoms with Crippen LogP contribution in [0.25, 0.3) is 10.8 Å². The fourth-order valence-corrected chi connectivity index (χ4v) is 5.69. The number of halogens is 1. The summed E-state index contributed by atoms with van der Waals surface area (Å²) < 4.78 is 15.4. The topological polar surface area (TPSA) is 109 Å². The quantitative estimate of drug-likeness (QED) is 0.550. The zero-order chi connectivity index (χ0) is 24.8. The number of carbonyl (C=O) groups is 1. The third kappa shape index (κ3) is 3.81. The van der Waals surface area contributed by atoms with Crippen LogP contribution < -0.4 is 5.32 Å². The number of nitrogens with one attached hydrogen (secondary N) is 1. The maximum atomic E-state index is 14.0. The first-order valence-electron chi connectivity index (χ1n) is 12.1. The lowest BCUT2D eigenvalue weighted by Gasteiger charge is -2.47. The first kappa shape index (κ1) is 22.6. The van der Waals surface area contributed by atoms with Gasteiger partial charge in [-0.3, -0.25) is 9.69 Å². The van der Waals surface area contributed by atoms with Crippen LogP contribution in [0.15, 0.2) is 24.7 Å². The predicted octanol–water partition coefficient (Wildman–Crippen LogP) is 1.34. The van der Waals surface area contributed by atoms with E-state index in [4.69, 9.17) is 6.57 Å². The van der Waals surface area contributed by atoms with E-state index < -0.39 is 5.82 Å². The molecular formula is C24H25FN10O. The first-order chi connectivity index (χ1) is 17.5. The van der Waals surface area contributed by atoms with E-state index in [1.54, 1.807) is 12.3 Å². The van der Waals surface area contributed by atoms with Crippen LogP contribution in [0.3, 0.4) is 0 Å². The summed E-state index contributed by atoms with van der Waals surface area (Å²) in [6.07, 6.45) is 4.63. The molecule has 2 saturated heterocycles. The molecular weight excluding hydrogens is 463 g/mol. The molecule has 3 aliphatic rings. The SMILES string of the molecule is [C-]#[N+]c1c(F)ccc([C@H]2CN3CCN(C(=O)C4CCc5nc(-n6cnnn6)ncc54)C[C@H]3CN2)c1C. The Morgan fingerprint density at radius 1 is 1.25 bits per heavy atom. The highest BCUT2D eigenvalue weighted by atomic mass is 19.1. The minimum absolute atomic E-state index is 0.0258. The molecule has 1 N–H and O–H groups in total. The van der Waals surface area contributed by atoms with Crippen molar-refractivity contribution in [3.63, 3.8) is 0 Å². The average Bonchev–Trinajstić information content (AvgIpc) is 3.58. The lowest BCUT2D eigenvalue weighted by atomic mass is 9.95. The van der Waals surface area contributed by atoms with E-state index in [0.717, 1.165) is 49.3 Å². The van der Waals surface area contributed by atoms with Gasteiger partial charge in [0.2, 0.25) is 11.6 Å². The van der Waals surface area contributed by atoms with Gasteiger partial charge in [0.25, 0.3) is 5.95 Å². The summed E-state index contributed by atoms with van der Waals surface area (Å²) in [7, 11) is 0. The van der Waals surface area contributed by atoms with Crippen molar-refractivity contribution in [1.82, 2.24) is 45.3 Å². The van der Waals surface area contributed by atoms with Crippen LogP contribution in [0.1, 0.15) is 40.8 Å². The van der Waals surface area contributed by atoms with E-state index in [2.05, 4.69) is 40.6 Å². The number of hydrogen-bond donors (Lipinski definition) is 1. The van der Waals surface area contributed by atoms with Gasteiger partial charge in [0.15, 0.2) is 0 Å². The van der Waals surface area contributed by atoms with Crippen molar-refractivity contribution < 1.29 is 9.18 Å². The van der Waals surface area contributed by atoms with Gasteiger partial charge in [-0.1, -0.05) is 6.07 Å². The summed E-state index contributed by atoms with van der Waals surface area (Å²) in [5, 5.41) is 14.6. The third-order valence-electron chi connectivity index (χ3n) is 7.63. The molecule has 4 heterocycles.